The molecular formula is C15H23FN2. The van der Waals surface area contributed by atoms with Crippen LogP contribution < -0.4 is 5.32 Å². The molecule has 0 saturated carbocycles. The Morgan fingerprint density at radius 1 is 1.39 bits per heavy atom. The minimum atomic E-state index is -0.0823. The van der Waals surface area contributed by atoms with Crippen LogP contribution in [0.2, 0.25) is 0 Å². The van der Waals surface area contributed by atoms with Crippen LogP contribution in [0.25, 0.3) is 0 Å². The van der Waals surface area contributed by atoms with E-state index in [1.165, 1.54) is 19.3 Å². The third-order valence-electron chi connectivity index (χ3n) is 3.54. The van der Waals surface area contributed by atoms with Gasteiger partial charge in [0.2, 0.25) is 0 Å². The number of nitrogens with zero attached hydrogens (tertiary/aromatic N) is 1. The van der Waals surface area contributed by atoms with Crippen molar-refractivity contribution in [3.05, 3.63) is 35.6 Å². The molecule has 18 heavy (non-hydrogen) atoms. The van der Waals surface area contributed by atoms with E-state index >= 15 is 0 Å². The van der Waals surface area contributed by atoms with Crippen LogP contribution in [-0.2, 0) is 6.54 Å². The monoisotopic (exact) mass is 250 g/mol. The van der Waals surface area contributed by atoms with Crippen LogP contribution in [-0.4, -0.2) is 30.6 Å². The van der Waals surface area contributed by atoms with E-state index in [4.69, 9.17) is 0 Å². The molecule has 1 heterocycles. The summed E-state index contributed by atoms with van der Waals surface area (Å²) in [5, 5.41) is 3.57. The molecule has 1 aromatic carbocycles. The highest BCUT2D eigenvalue weighted by Crippen LogP contribution is 2.15. The van der Waals surface area contributed by atoms with Crippen molar-refractivity contribution in [2.75, 3.05) is 19.6 Å². The molecule has 0 aromatic heterocycles. The van der Waals surface area contributed by atoms with Crippen molar-refractivity contribution in [1.29, 1.82) is 0 Å². The molecule has 1 unspecified atom stereocenters. The van der Waals surface area contributed by atoms with Crippen molar-refractivity contribution in [3.8, 4) is 0 Å². The average Bonchev–Trinajstić information content (AvgIpc) is 2.40. The first kappa shape index (κ1) is 13.5. The lowest BCUT2D eigenvalue weighted by atomic mass is 10.0. The summed E-state index contributed by atoms with van der Waals surface area (Å²) in [6, 6.07) is 7.67. The highest BCUT2D eigenvalue weighted by Gasteiger charge is 2.19. The number of nitrogens with one attached hydrogen (secondary N) is 1. The second kappa shape index (κ2) is 6.86. The number of hydrogen-bond donors (Lipinski definition) is 1. The molecule has 100 valence electrons. The van der Waals surface area contributed by atoms with Gasteiger partial charge in [0.05, 0.1) is 0 Å². The Balaban J connectivity index is 1.87. The first-order valence-corrected chi connectivity index (χ1v) is 6.98. The van der Waals surface area contributed by atoms with Gasteiger partial charge in [-0.2, -0.15) is 0 Å². The predicted molar refractivity (Wildman–Crippen MR) is 73.0 cm³/mol. The third-order valence-corrected chi connectivity index (χ3v) is 3.54. The van der Waals surface area contributed by atoms with E-state index in [-0.39, 0.29) is 5.82 Å². The van der Waals surface area contributed by atoms with Crippen LogP contribution in [0.4, 0.5) is 4.39 Å². The molecule has 1 aromatic rings. The molecule has 0 aliphatic carbocycles. The van der Waals surface area contributed by atoms with Gasteiger partial charge in [-0.25, -0.2) is 4.39 Å². The Labute approximate surface area is 109 Å². The van der Waals surface area contributed by atoms with Crippen LogP contribution >= 0.6 is 0 Å². The van der Waals surface area contributed by atoms with E-state index in [9.17, 15) is 4.39 Å². The maximum absolute atomic E-state index is 13.6. The van der Waals surface area contributed by atoms with E-state index in [1.807, 2.05) is 12.1 Å². The average molecular weight is 250 g/mol. The summed E-state index contributed by atoms with van der Waals surface area (Å²) < 4.78 is 13.6. The molecule has 0 radical (unpaired) electrons. The Hall–Kier alpha value is -0.930. The van der Waals surface area contributed by atoms with Gasteiger partial charge in [0.15, 0.2) is 0 Å². The fourth-order valence-electron chi connectivity index (χ4n) is 2.58. The van der Waals surface area contributed by atoms with Gasteiger partial charge in [0.25, 0.3) is 0 Å². The second-order valence-electron chi connectivity index (χ2n) is 5.12. The molecule has 1 fully saturated rings. The largest absolute Gasteiger partial charge is 0.313 e. The van der Waals surface area contributed by atoms with Gasteiger partial charge in [-0.15, -0.1) is 0 Å². The molecule has 0 spiro atoms. The summed E-state index contributed by atoms with van der Waals surface area (Å²) in [5.74, 6) is -0.0823. The molecule has 1 aliphatic heterocycles. The number of rotatable bonds is 5. The summed E-state index contributed by atoms with van der Waals surface area (Å²) >= 11 is 0. The molecule has 3 heteroatoms. The minimum Gasteiger partial charge on any atom is -0.313 e. The molecular weight excluding hydrogens is 227 g/mol. The summed E-state index contributed by atoms with van der Waals surface area (Å²) in [4.78, 5) is 2.36. The molecule has 1 aliphatic rings. The maximum Gasteiger partial charge on any atom is 0.127 e. The maximum atomic E-state index is 13.6. The zero-order valence-corrected chi connectivity index (χ0v) is 11.2. The SMILES string of the molecule is CCCNC1CCCN(Cc2ccccc2F)C1. The van der Waals surface area contributed by atoms with Crippen LogP contribution in [0.1, 0.15) is 31.7 Å². The Bertz CT molecular complexity index is 367. The normalized spacial score (nSPS) is 21.1. The lowest BCUT2D eigenvalue weighted by molar-refractivity contribution is 0.182. The van der Waals surface area contributed by atoms with E-state index in [0.29, 0.717) is 6.04 Å². The topological polar surface area (TPSA) is 15.3 Å². The van der Waals surface area contributed by atoms with Crippen molar-refractivity contribution in [2.45, 2.75) is 38.8 Å². The van der Waals surface area contributed by atoms with E-state index < -0.39 is 0 Å². The molecule has 0 bridgehead atoms. The zero-order chi connectivity index (χ0) is 12.8. The first-order valence-electron chi connectivity index (χ1n) is 6.98. The molecule has 2 rings (SSSR count). The van der Waals surface area contributed by atoms with Gasteiger partial charge in [-0.3, -0.25) is 4.90 Å². The summed E-state index contributed by atoms with van der Waals surface area (Å²) in [6.07, 6.45) is 3.62. The predicted octanol–water partition coefficient (Wildman–Crippen LogP) is 2.79. The van der Waals surface area contributed by atoms with Crippen molar-refractivity contribution >= 4 is 0 Å². The third kappa shape index (κ3) is 3.79. The number of hydrogen-bond acceptors (Lipinski definition) is 2. The summed E-state index contributed by atoms with van der Waals surface area (Å²) in [6.45, 7) is 6.12. The molecule has 2 nitrogen and oxygen atoms in total. The number of benzene rings is 1. The summed E-state index contributed by atoms with van der Waals surface area (Å²) in [5.41, 5.74) is 0.814. The smallest absolute Gasteiger partial charge is 0.127 e. The molecule has 0 amide bonds. The van der Waals surface area contributed by atoms with Crippen molar-refractivity contribution < 1.29 is 4.39 Å². The Morgan fingerprint density at radius 3 is 3.00 bits per heavy atom. The molecule has 1 N–H and O–H groups in total. The molecule has 1 saturated heterocycles. The van der Waals surface area contributed by atoms with Gasteiger partial charge in [-0.05, 0) is 38.4 Å². The van der Waals surface area contributed by atoms with Crippen LogP contribution in [0.3, 0.4) is 0 Å². The Kier molecular flexibility index (Phi) is 5.14. The molecule has 1 atom stereocenters. The van der Waals surface area contributed by atoms with Gasteiger partial charge in [-0.1, -0.05) is 25.1 Å². The van der Waals surface area contributed by atoms with Crippen LogP contribution in [0.5, 0.6) is 0 Å². The van der Waals surface area contributed by atoms with E-state index in [0.717, 1.165) is 31.7 Å². The fraction of sp³-hybridized carbons (Fsp3) is 0.600. The van der Waals surface area contributed by atoms with Crippen molar-refractivity contribution in [1.82, 2.24) is 10.2 Å². The number of halogens is 1. The fourth-order valence-corrected chi connectivity index (χ4v) is 2.58. The minimum absolute atomic E-state index is 0.0823. The van der Waals surface area contributed by atoms with Gasteiger partial charge < -0.3 is 5.32 Å². The number of piperidine rings is 1. The van der Waals surface area contributed by atoms with Gasteiger partial charge in [0, 0.05) is 24.7 Å². The zero-order valence-electron chi connectivity index (χ0n) is 11.2. The van der Waals surface area contributed by atoms with Gasteiger partial charge >= 0.3 is 0 Å². The van der Waals surface area contributed by atoms with E-state index in [1.54, 1.807) is 12.1 Å². The first-order chi connectivity index (χ1) is 8.79. The lowest BCUT2D eigenvalue weighted by Gasteiger charge is -2.33. The highest BCUT2D eigenvalue weighted by atomic mass is 19.1. The Morgan fingerprint density at radius 2 is 2.22 bits per heavy atom. The van der Waals surface area contributed by atoms with Crippen LogP contribution in [0, 0.1) is 5.82 Å². The van der Waals surface area contributed by atoms with Gasteiger partial charge in [0.1, 0.15) is 5.82 Å². The number of likely N-dealkylation sites (tertiary alicyclic amines) is 1. The van der Waals surface area contributed by atoms with Crippen molar-refractivity contribution in [2.24, 2.45) is 0 Å². The standard InChI is InChI=1S/C15H23FN2/c1-2-9-17-14-7-5-10-18(12-14)11-13-6-3-4-8-15(13)16/h3-4,6,8,14,17H,2,5,7,9-12H2,1H3. The second-order valence-corrected chi connectivity index (χ2v) is 5.12. The highest BCUT2D eigenvalue weighted by molar-refractivity contribution is 5.17. The van der Waals surface area contributed by atoms with E-state index in [2.05, 4.69) is 17.1 Å². The van der Waals surface area contributed by atoms with Crippen molar-refractivity contribution in [3.63, 3.8) is 0 Å². The lowest BCUT2D eigenvalue weighted by Crippen LogP contribution is -2.45. The summed E-state index contributed by atoms with van der Waals surface area (Å²) in [7, 11) is 0. The quantitative estimate of drug-likeness (QED) is 0.864. The van der Waals surface area contributed by atoms with Crippen LogP contribution in [0.15, 0.2) is 24.3 Å².